The third-order valence-corrected chi connectivity index (χ3v) is 1.54. The van der Waals surface area contributed by atoms with E-state index in [0.717, 1.165) is 5.56 Å². The van der Waals surface area contributed by atoms with Gasteiger partial charge in [0.1, 0.15) is 0 Å². The molecular weight excluding hydrogens is 168 g/mol. The molecule has 0 aliphatic carbocycles. The topological polar surface area (TPSA) is 77.9 Å². The van der Waals surface area contributed by atoms with E-state index >= 15 is 0 Å². The number of benzene rings is 1. The zero-order valence-electron chi connectivity index (χ0n) is 6.84. The number of carbonyl (C=O) groups is 1. The predicted octanol–water partition coefficient (Wildman–Crippen LogP) is 2.07. The molecule has 0 unspecified atom stereocenters. The number of azide groups is 1. The van der Waals surface area contributed by atoms with Crippen LogP contribution in [0, 0.1) is 0 Å². The van der Waals surface area contributed by atoms with Crippen LogP contribution >= 0.6 is 0 Å². The van der Waals surface area contributed by atoms with Crippen LogP contribution in [0.2, 0.25) is 0 Å². The van der Waals surface area contributed by atoms with Gasteiger partial charge in [-0.05, 0) is 17.2 Å². The molecule has 1 aromatic carbocycles. The highest BCUT2D eigenvalue weighted by Gasteiger charge is 1.97. The van der Waals surface area contributed by atoms with Crippen LogP contribution in [0.4, 0.5) is 5.69 Å². The van der Waals surface area contributed by atoms with Crippen LogP contribution in [0.15, 0.2) is 29.4 Å². The summed E-state index contributed by atoms with van der Waals surface area (Å²) in [4.78, 5) is 12.8. The Kier molecular flexibility index (Phi) is 3.35. The number of hydrogen-bond donors (Lipinski definition) is 1. The number of anilines is 1. The van der Waals surface area contributed by atoms with Gasteiger partial charge < -0.3 is 5.32 Å². The zero-order chi connectivity index (χ0) is 9.52. The van der Waals surface area contributed by atoms with Crippen LogP contribution in [-0.4, -0.2) is 6.41 Å². The van der Waals surface area contributed by atoms with Crippen molar-refractivity contribution in [2.24, 2.45) is 5.11 Å². The lowest BCUT2D eigenvalue weighted by Crippen LogP contribution is -1.97. The summed E-state index contributed by atoms with van der Waals surface area (Å²) in [6.07, 6.45) is 0.592. The fourth-order valence-electron chi connectivity index (χ4n) is 0.970. The van der Waals surface area contributed by atoms with E-state index < -0.39 is 0 Å². The Hall–Kier alpha value is -2.00. The minimum Gasteiger partial charge on any atom is -0.328 e. The molecule has 0 aliphatic heterocycles. The largest absolute Gasteiger partial charge is 0.328 e. The Balaban J connectivity index is 2.89. The van der Waals surface area contributed by atoms with Gasteiger partial charge in [0.2, 0.25) is 6.41 Å². The van der Waals surface area contributed by atoms with E-state index in [9.17, 15) is 4.79 Å². The summed E-state index contributed by atoms with van der Waals surface area (Å²) in [5.41, 5.74) is 9.59. The summed E-state index contributed by atoms with van der Waals surface area (Å²) in [5, 5.41) is 5.93. The lowest BCUT2D eigenvalue weighted by atomic mass is 10.2. The average molecular weight is 176 g/mol. The Bertz CT molecular complexity index is 344. The fraction of sp³-hybridized carbons (Fsp3) is 0.125. The van der Waals surface area contributed by atoms with Gasteiger partial charge in [-0.15, -0.1) is 0 Å². The maximum absolute atomic E-state index is 10.2. The lowest BCUT2D eigenvalue weighted by molar-refractivity contribution is -0.105. The molecule has 1 aromatic rings. The first-order chi connectivity index (χ1) is 6.38. The number of hydrogen-bond acceptors (Lipinski definition) is 2. The molecule has 0 heterocycles. The highest BCUT2D eigenvalue weighted by Crippen LogP contribution is 2.14. The first kappa shape index (κ1) is 9.09. The van der Waals surface area contributed by atoms with Crippen LogP contribution in [0.5, 0.6) is 0 Å². The van der Waals surface area contributed by atoms with Gasteiger partial charge in [0, 0.05) is 10.6 Å². The lowest BCUT2D eigenvalue weighted by Gasteiger charge is -2.03. The van der Waals surface area contributed by atoms with Crippen molar-refractivity contribution in [3.05, 3.63) is 40.3 Å². The number of para-hydroxylation sites is 1. The second kappa shape index (κ2) is 4.79. The molecule has 0 fully saturated rings. The molecule has 0 aromatic heterocycles. The number of nitrogens with one attached hydrogen (secondary N) is 1. The first-order valence-electron chi connectivity index (χ1n) is 3.67. The molecule has 0 spiro atoms. The Morgan fingerprint density at radius 2 is 2.31 bits per heavy atom. The molecule has 1 amide bonds. The molecule has 0 saturated carbocycles. The third-order valence-electron chi connectivity index (χ3n) is 1.54. The van der Waals surface area contributed by atoms with Gasteiger partial charge in [0.05, 0.1) is 6.54 Å². The van der Waals surface area contributed by atoms with Crippen molar-refractivity contribution in [2.45, 2.75) is 6.54 Å². The molecule has 66 valence electrons. The van der Waals surface area contributed by atoms with Crippen LogP contribution in [-0.2, 0) is 11.3 Å². The summed E-state index contributed by atoms with van der Waals surface area (Å²) >= 11 is 0. The summed E-state index contributed by atoms with van der Waals surface area (Å²) in [7, 11) is 0. The zero-order valence-corrected chi connectivity index (χ0v) is 6.84. The molecule has 1 rings (SSSR count). The smallest absolute Gasteiger partial charge is 0.211 e. The van der Waals surface area contributed by atoms with Crippen LogP contribution in [0.25, 0.3) is 10.4 Å². The van der Waals surface area contributed by atoms with Crippen molar-refractivity contribution >= 4 is 12.1 Å². The summed E-state index contributed by atoms with van der Waals surface area (Å²) in [5.74, 6) is 0. The first-order valence-corrected chi connectivity index (χ1v) is 3.67. The molecule has 0 bridgehead atoms. The minimum atomic E-state index is 0.244. The Morgan fingerprint density at radius 3 is 3.00 bits per heavy atom. The van der Waals surface area contributed by atoms with Crippen LogP contribution in [0.3, 0.4) is 0 Å². The van der Waals surface area contributed by atoms with Crippen molar-refractivity contribution in [3.63, 3.8) is 0 Å². The quantitative estimate of drug-likeness (QED) is 0.324. The van der Waals surface area contributed by atoms with Gasteiger partial charge in [-0.1, -0.05) is 23.3 Å². The summed E-state index contributed by atoms with van der Waals surface area (Å²) < 4.78 is 0. The molecule has 0 atom stereocenters. The number of rotatable bonds is 4. The van der Waals surface area contributed by atoms with Crippen LogP contribution < -0.4 is 5.32 Å². The van der Waals surface area contributed by atoms with Gasteiger partial charge in [-0.3, -0.25) is 4.79 Å². The molecule has 1 N–H and O–H groups in total. The maximum atomic E-state index is 10.2. The van der Waals surface area contributed by atoms with E-state index in [0.29, 0.717) is 12.1 Å². The van der Waals surface area contributed by atoms with Crippen molar-refractivity contribution in [1.82, 2.24) is 0 Å². The van der Waals surface area contributed by atoms with E-state index in [1.54, 1.807) is 18.2 Å². The third kappa shape index (κ3) is 2.50. The standard InChI is InChI=1S/C8H8N4O/c9-12-11-5-7-3-1-2-4-8(7)10-6-13/h1-4,6H,5H2,(H,10,13). The van der Waals surface area contributed by atoms with Gasteiger partial charge in [0.15, 0.2) is 0 Å². The number of nitrogens with zero attached hydrogens (tertiary/aromatic N) is 3. The molecule has 0 aliphatic rings. The van der Waals surface area contributed by atoms with E-state index in [1.165, 1.54) is 0 Å². The van der Waals surface area contributed by atoms with E-state index in [4.69, 9.17) is 5.53 Å². The second-order valence-corrected chi connectivity index (χ2v) is 2.31. The molecule has 13 heavy (non-hydrogen) atoms. The van der Waals surface area contributed by atoms with Gasteiger partial charge in [0.25, 0.3) is 0 Å². The number of amides is 1. The number of carbonyl (C=O) groups excluding carboxylic acids is 1. The Labute approximate surface area is 75.0 Å². The van der Waals surface area contributed by atoms with Gasteiger partial charge in [-0.2, -0.15) is 0 Å². The van der Waals surface area contributed by atoms with Gasteiger partial charge in [-0.25, -0.2) is 0 Å². The highest BCUT2D eigenvalue weighted by molar-refractivity contribution is 5.73. The SMILES string of the molecule is [N-]=[N+]=NCc1ccccc1NC=O. The van der Waals surface area contributed by atoms with Crippen molar-refractivity contribution in [1.29, 1.82) is 0 Å². The van der Waals surface area contributed by atoms with E-state index in [2.05, 4.69) is 15.3 Å². The van der Waals surface area contributed by atoms with Crippen LogP contribution in [0.1, 0.15) is 5.56 Å². The normalized spacial score (nSPS) is 8.62. The Morgan fingerprint density at radius 1 is 1.54 bits per heavy atom. The summed E-state index contributed by atoms with van der Waals surface area (Å²) in [6.45, 7) is 0.244. The predicted molar refractivity (Wildman–Crippen MR) is 49.0 cm³/mol. The fourth-order valence-corrected chi connectivity index (χ4v) is 0.970. The van der Waals surface area contributed by atoms with Crippen molar-refractivity contribution < 1.29 is 4.79 Å². The maximum Gasteiger partial charge on any atom is 0.211 e. The average Bonchev–Trinajstić information content (AvgIpc) is 2.17. The van der Waals surface area contributed by atoms with E-state index in [-0.39, 0.29) is 6.54 Å². The monoisotopic (exact) mass is 176 g/mol. The molecule has 0 saturated heterocycles. The summed E-state index contributed by atoms with van der Waals surface area (Å²) in [6, 6.07) is 7.15. The van der Waals surface area contributed by atoms with E-state index in [1.807, 2.05) is 6.07 Å². The van der Waals surface area contributed by atoms with Crippen molar-refractivity contribution in [3.8, 4) is 0 Å². The molecular formula is C8H8N4O. The highest BCUT2D eigenvalue weighted by atomic mass is 16.1. The molecule has 0 radical (unpaired) electrons. The van der Waals surface area contributed by atoms with Crippen molar-refractivity contribution in [2.75, 3.05) is 5.32 Å². The van der Waals surface area contributed by atoms with Gasteiger partial charge >= 0.3 is 0 Å². The second-order valence-electron chi connectivity index (χ2n) is 2.31. The molecule has 5 nitrogen and oxygen atoms in total. The minimum absolute atomic E-state index is 0.244. The molecule has 5 heteroatoms.